The largest absolute Gasteiger partial charge is 0.309 e. The summed E-state index contributed by atoms with van der Waals surface area (Å²) in [6.45, 7) is 0. The van der Waals surface area contributed by atoms with Gasteiger partial charge in [-0.25, -0.2) is 15.0 Å². The molecule has 5 nitrogen and oxygen atoms in total. The van der Waals surface area contributed by atoms with Crippen LogP contribution in [0.2, 0.25) is 0 Å². The summed E-state index contributed by atoms with van der Waals surface area (Å²) >= 11 is 0. The molecule has 0 aliphatic carbocycles. The molecule has 0 saturated carbocycles. The molecule has 0 N–H and O–H groups in total. The van der Waals surface area contributed by atoms with E-state index in [2.05, 4.69) is 161 Å². The van der Waals surface area contributed by atoms with Gasteiger partial charge in [-0.05, 0) is 93.0 Å². The maximum absolute atomic E-state index is 5.01. The summed E-state index contributed by atoms with van der Waals surface area (Å²) in [5, 5.41) is 12.1. The van der Waals surface area contributed by atoms with Gasteiger partial charge >= 0.3 is 0 Å². The van der Waals surface area contributed by atoms with Crippen LogP contribution in [-0.4, -0.2) is 24.1 Å². The lowest BCUT2D eigenvalue weighted by Crippen LogP contribution is -2.00. The number of nitrogens with zero attached hydrogens (tertiary/aromatic N) is 5. The van der Waals surface area contributed by atoms with E-state index in [0.29, 0.717) is 17.5 Å². The minimum absolute atomic E-state index is 0.642. The molecule has 3 heterocycles. The van der Waals surface area contributed by atoms with Crippen molar-refractivity contribution in [1.29, 1.82) is 0 Å². The van der Waals surface area contributed by atoms with E-state index < -0.39 is 0 Å². The van der Waals surface area contributed by atoms with Crippen LogP contribution in [0.15, 0.2) is 212 Å². The first-order valence-electron chi connectivity index (χ1n) is 21.0. The van der Waals surface area contributed by atoms with Crippen molar-refractivity contribution in [3.63, 3.8) is 0 Å². The number of aromatic nitrogens is 5. The normalized spacial score (nSPS) is 11.9. The van der Waals surface area contributed by atoms with E-state index in [1.54, 1.807) is 0 Å². The molecule has 0 amide bonds. The second-order valence-electron chi connectivity index (χ2n) is 16.1. The van der Waals surface area contributed by atoms with Crippen LogP contribution in [0.25, 0.3) is 121 Å². The Labute approximate surface area is 356 Å². The molecule has 0 spiro atoms. The van der Waals surface area contributed by atoms with Gasteiger partial charge < -0.3 is 9.13 Å². The SMILES string of the molecule is c1ccc(-c2nc(-c3ccccc3)nc(-c3ccc4cc(-n5c6cc7ccccc7cc6c6cc7c8ccccc8n(-c8ccc9ccccc9c8)c7cc65)ccc4c3)n2)cc1. The Bertz CT molecular complexity index is 3860. The molecular weight excluding hydrogens is 755 g/mol. The van der Waals surface area contributed by atoms with Crippen molar-refractivity contribution in [2.24, 2.45) is 0 Å². The number of fused-ring (bicyclic) bond motifs is 9. The zero-order chi connectivity index (χ0) is 40.7. The van der Waals surface area contributed by atoms with Crippen molar-refractivity contribution >= 4 is 75.9 Å². The van der Waals surface area contributed by atoms with Gasteiger partial charge in [-0.2, -0.15) is 0 Å². The predicted octanol–water partition coefficient (Wildman–Crippen LogP) is 14.5. The van der Waals surface area contributed by atoms with Crippen LogP contribution < -0.4 is 0 Å². The van der Waals surface area contributed by atoms with Crippen LogP contribution in [0.1, 0.15) is 0 Å². The molecule has 0 aliphatic heterocycles. The highest BCUT2D eigenvalue weighted by Gasteiger charge is 2.20. The van der Waals surface area contributed by atoms with Crippen molar-refractivity contribution in [2.75, 3.05) is 0 Å². The number of rotatable bonds is 5. The summed E-state index contributed by atoms with van der Waals surface area (Å²) in [6, 6.07) is 76.0. The van der Waals surface area contributed by atoms with Gasteiger partial charge in [-0.3, -0.25) is 0 Å². The monoisotopic (exact) mass is 789 g/mol. The first-order valence-corrected chi connectivity index (χ1v) is 21.0. The van der Waals surface area contributed by atoms with Crippen molar-refractivity contribution in [2.45, 2.75) is 0 Å². The van der Waals surface area contributed by atoms with E-state index in [1.807, 2.05) is 60.7 Å². The topological polar surface area (TPSA) is 48.5 Å². The summed E-state index contributed by atoms with van der Waals surface area (Å²) < 4.78 is 4.89. The zero-order valence-corrected chi connectivity index (χ0v) is 33.4. The first kappa shape index (κ1) is 34.5. The fourth-order valence-electron chi connectivity index (χ4n) is 9.48. The number of para-hydroxylation sites is 1. The fraction of sp³-hybridized carbons (Fsp3) is 0. The van der Waals surface area contributed by atoms with Crippen molar-refractivity contribution in [1.82, 2.24) is 24.1 Å². The first-order chi connectivity index (χ1) is 30.7. The molecule has 5 heteroatoms. The average Bonchev–Trinajstić information content (AvgIpc) is 3.83. The van der Waals surface area contributed by atoms with Gasteiger partial charge in [0.2, 0.25) is 0 Å². The second-order valence-corrected chi connectivity index (χ2v) is 16.1. The Morgan fingerprint density at radius 2 is 0.677 bits per heavy atom. The summed E-state index contributed by atoms with van der Waals surface area (Å²) in [6.07, 6.45) is 0. The number of hydrogen-bond acceptors (Lipinski definition) is 3. The van der Waals surface area contributed by atoms with E-state index in [4.69, 9.17) is 15.0 Å². The molecule has 13 rings (SSSR count). The summed E-state index contributed by atoms with van der Waals surface area (Å²) in [5.41, 5.74) is 9.80. The second kappa shape index (κ2) is 13.6. The lowest BCUT2D eigenvalue weighted by atomic mass is 10.0. The Morgan fingerprint density at radius 3 is 1.35 bits per heavy atom. The predicted molar refractivity (Wildman–Crippen MR) is 257 cm³/mol. The van der Waals surface area contributed by atoms with Gasteiger partial charge in [0.05, 0.1) is 22.1 Å². The third-order valence-electron chi connectivity index (χ3n) is 12.5. The molecule has 3 aromatic heterocycles. The van der Waals surface area contributed by atoms with E-state index in [-0.39, 0.29) is 0 Å². The molecule has 62 heavy (non-hydrogen) atoms. The van der Waals surface area contributed by atoms with Gasteiger partial charge in [-0.15, -0.1) is 0 Å². The van der Waals surface area contributed by atoms with Gasteiger partial charge in [0.1, 0.15) is 0 Å². The maximum Gasteiger partial charge on any atom is 0.164 e. The maximum atomic E-state index is 5.01. The van der Waals surface area contributed by atoms with E-state index >= 15 is 0 Å². The molecule has 0 fully saturated rings. The molecule has 13 aromatic rings. The standard InChI is InChI=1S/C57H35N5/c1-3-14-37(15-4-1)55-58-56(38-16-5-2-6-17-38)60-57(59-55)44-24-23-43-31-46(28-26-42(43)29-44)62-52-33-41-20-10-9-19-40(41)32-48(52)50-34-49-47-21-11-12-22-51(47)61(53(49)35-54(50)62)45-27-25-36-13-7-8-18-39(36)30-45/h1-35H. The van der Waals surface area contributed by atoms with Gasteiger partial charge in [0, 0.05) is 49.6 Å². The summed E-state index contributed by atoms with van der Waals surface area (Å²) in [7, 11) is 0. The molecule has 0 radical (unpaired) electrons. The van der Waals surface area contributed by atoms with Crippen LogP contribution in [-0.2, 0) is 0 Å². The molecule has 288 valence electrons. The molecule has 0 saturated heterocycles. The van der Waals surface area contributed by atoms with Crippen molar-refractivity contribution in [3.8, 4) is 45.5 Å². The number of benzene rings is 10. The lowest BCUT2D eigenvalue weighted by molar-refractivity contribution is 1.07. The molecule has 0 atom stereocenters. The highest BCUT2D eigenvalue weighted by molar-refractivity contribution is 6.21. The summed E-state index contributed by atoms with van der Waals surface area (Å²) in [5.74, 6) is 1.94. The van der Waals surface area contributed by atoms with E-state index in [0.717, 1.165) is 44.4 Å². The van der Waals surface area contributed by atoms with Gasteiger partial charge in [-0.1, -0.05) is 152 Å². The third kappa shape index (κ3) is 5.45. The zero-order valence-electron chi connectivity index (χ0n) is 33.4. The number of hydrogen-bond donors (Lipinski definition) is 0. The molecule has 10 aromatic carbocycles. The Balaban J connectivity index is 1.02. The lowest BCUT2D eigenvalue weighted by Gasteiger charge is -2.12. The van der Waals surface area contributed by atoms with Crippen LogP contribution in [0, 0.1) is 0 Å². The third-order valence-corrected chi connectivity index (χ3v) is 12.5. The van der Waals surface area contributed by atoms with Gasteiger partial charge in [0.15, 0.2) is 17.5 Å². The molecule has 0 bridgehead atoms. The smallest absolute Gasteiger partial charge is 0.164 e. The fourth-order valence-corrected chi connectivity index (χ4v) is 9.48. The minimum Gasteiger partial charge on any atom is -0.309 e. The Kier molecular flexibility index (Phi) is 7.54. The highest BCUT2D eigenvalue weighted by Crippen LogP contribution is 2.41. The minimum atomic E-state index is 0.642. The van der Waals surface area contributed by atoms with Crippen LogP contribution >= 0.6 is 0 Å². The Morgan fingerprint density at radius 1 is 0.242 bits per heavy atom. The van der Waals surface area contributed by atoms with Crippen molar-refractivity contribution in [3.05, 3.63) is 212 Å². The summed E-state index contributed by atoms with van der Waals surface area (Å²) in [4.78, 5) is 14.9. The van der Waals surface area contributed by atoms with Gasteiger partial charge in [0.25, 0.3) is 0 Å². The molecule has 0 unspecified atom stereocenters. The molecule has 0 aliphatic rings. The van der Waals surface area contributed by atoms with Crippen LogP contribution in [0.3, 0.4) is 0 Å². The van der Waals surface area contributed by atoms with Crippen LogP contribution in [0.5, 0.6) is 0 Å². The quantitative estimate of drug-likeness (QED) is 0.174. The van der Waals surface area contributed by atoms with Crippen molar-refractivity contribution < 1.29 is 0 Å². The highest BCUT2D eigenvalue weighted by atomic mass is 15.0. The Hall–Kier alpha value is -8.41. The van der Waals surface area contributed by atoms with E-state index in [9.17, 15) is 0 Å². The van der Waals surface area contributed by atoms with Crippen LogP contribution in [0.4, 0.5) is 0 Å². The average molecular weight is 790 g/mol. The molecular formula is C57H35N5. The van der Waals surface area contributed by atoms with E-state index in [1.165, 1.54) is 59.6 Å².